The molecule has 0 heterocycles. The van der Waals surface area contributed by atoms with Gasteiger partial charge in [0.25, 0.3) is 0 Å². The van der Waals surface area contributed by atoms with E-state index in [0.717, 1.165) is 11.9 Å². The van der Waals surface area contributed by atoms with Gasteiger partial charge in [-0.2, -0.15) is 0 Å². The van der Waals surface area contributed by atoms with E-state index in [0.29, 0.717) is 5.92 Å². The van der Waals surface area contributed by atoms with E-state index < -0.39 is 0 Å². The summed E-state index contributed by atoms with van der Waals surface area (Å²) < 4.78 is 0. The molecule has 0 aromatic heterocycles. The van der Waals surface area contributed by atoms with Crippen molar-refractivity contribution >= 4 is 6.29 Å². The number of hydrogen-bond donors (Lipinski definition) is 0. The third-order valence-electron chi connectivity index (χ3n) is 4.17. The molecule has 0 N–H and O–H groups in total. The van der Waals surface area contributed by atoms with E-state index in [1.807, 2.05) is 19.1 Å². The van der Waals surface area contributed by atoms with Gasteiger partial charge in [-0.3, -0.25) is 4.79 Å². The van der Waals surface area contributed by atoms with Crippen LogP contribution < -0.4 is 0 Å². The van der Waals surface area contributed by atoms with E-state index in [9.17, 15) is 4.79 Å². The van der Waals surface area contributed by atoms with Crippen molar-refractivity contribution in [2.45, 2.75) is 53.9 Å². The lowest BCUT2D eigenvalue weighted by atomic mass is 9.69. The maximum absolute atomic E-state index is 10.3. The molecule has 0 aromatic carbocycles. The summed E-state index contributed by atoms with van der Waals surface area (Å²) in [4.78, 5) is 10.3. The second-order valence-electron chi connectivity index (χ2n) is 6.70. The number of carbonyl (C=O) groups excluding carboxylic acids is 1. The molecule has 1 rings (SSSR count). The van der Waals surface area contributed by atoms with Crippen LogP contribution in [0.1, 0.15) is 53.9 Å². The highest BCUT2D eigenvalue weighted by atomic mass is 16.1. The molecule has 0 aromatic rings. The smallest absolute Gasteiger partial charge is 0.143 e. The molecule has 0 saturated heterocycles. The zero-order valence-electron chi connectivity index (χ0n) is 14.1. The van der Waals surface area contributed by atoms with E-state index in [-0.39, 0.29) is 5.41 Å². The van der Waals surface area contributed by atoms with Gasteiger partial charge in [-0.1, -0.05) is 45.4 Å². The SMILES string of the molecule is CC(C=C=C1C(C)CCCC1(C)C)=CC=CC(C)=CC=O. The molecule has 1 aliphatic rings. The molecule has 1 atom stereocenters. The zero-order chi connectivity index (χ0) is 15.9. The maximum Gasteiger partial charge on any atom is 0.143 e. The molecular formula is C20H28O. The minimum Gasteiger partial charge on any atom is -0.299 e. The highest BCUT2D eigenvalue weighted by molar-refractivity contribution is 5.66. The zero-order valence-corrected chi connectivity index (χ0v) is 14.1. The predicted molar refractivity (Wildman–Crippen MR) is 91.1 cm³/mol. The number of hydrogen-bond acceptors (Lipinski definition) is 1. The lowest BCUT2D eigenvalue weighted by Gasteiger charge is -2.35. The van der Waals surface area contributed by atoms with Crippen LogP contribution in [0, 0.1) is 11.3 Å². The highest BCUT2D eigenvalue weighted by Crippen LogP contribution is 2.42. The minimum absolute atomic E-state index is 0.271. The molecule has 0 radical (unpaired) electrons. The van der Waals surface area contributed by atoms with Crippen molar-refractivity contribution in [3.05, 3.63) is 52.8 Å². The Labute approximate surface area is 129 Å². The van der Waals surface area contributed by atoms with Crippen LogP contribution >= 0.6 is 0 Å². The minimum atomic E-state index is 0.271. The van der Waals surface area contributed by atoms with Gasteiger partial charge in [0, 0.05) is 0 Å². The number of aldehydes is 1. The van der Waals surface area contributed by atoms with Crippen LogP contribution in [-0.2, 0) is 4.79 Å². The molecule has 1 nitrogen and oxygen atoms in total. The summed E-state index contributed by atoms with van der Waals surface area (Å²) in [5.41, 5.74) is 7.39. The quantitative estimate of drug-likeness (QED) is 0.286. The van der Waals surface area contributed by atoms with Crippen molar-refractivity contribution in [1.29, 1.82) is 0 Å². The molecule has 0 bridgehead atoms. The van der Waals surface area contributed by atoms with Crippen molar-refractivity contribution < 1.29 is 4.79 Å². The van der Waals surface area contributed by atoms with Crippen molar-refractivity contribution in [2.24, 2.45) is 11.3 Å². The van der Waals surface area contributed by atoms with E-state index in [1.54, 1.807) is 6.08 Å². The van der Waals surface area contributed by atoms with Crippen molar-refractivity contribution in [2.75, 3.05) is 0 Å². The second-order valence-corrected chi connectivity index (χ2v) is 6.70. The van der Waals surface area contributed by atoms with E-state index in [1.165, 1.54) is 30.4 Å². The number of carbonyl (C=O) groups is 1. The predicted octanol–water partition coefficient (Wildman–Crippen LogP) is 5.56. The van der Waals surface area contributed by atoms with Gasteiger partial charge in [-0.25, -0.2) is 0 Å². The molecule has 0 amide bonds. The maximum atomic E-state index is 10.3. The van der Waals surface area contributed by atoms with Crippen LogP contribution in [-0.4, -0.2) is 6.29 Å². The van der Waals surface area contributed by atoms with Crippen LogP contribution in [0.5, 0.6) is 0 Å². The van der Waals surface area contributed by atoms with E-state index in [2.05, 4.69) is 45.6 Å². The summed E-state index contributed by atoms with van der Waals surface area (Å²) in [6.45, 7) is 11.0. The van der Waals surface area contributed by atoms with Gasteiger partial charge >= 0.3 is 0 Å². The van der Waals surface area contributed by atoms with Gasteiger partial charge < -0.3 is 0 Å². The monoisotopic (exact) mass is 284 g/mol. The highest BCUT2D eigenvalue weighted by Gasteiger charge is 2.30. The standard InChI is InChI=1S/C20H28O/c1-16(8-6-9-17(2)13-15-21)11-12-19-18(3)10-7-14-20(19,4)5/h6,8-9,11,13,15,18H,7,10,14H2,1-5H3. The molecule has 1 saturated carbocycles. The first kappa shape index (κ1) is 17.5. The topological polar surface area (TPSA) is 17.1 Å². The average Bonchev–Trinajstić information content (AvgIpc) is 2.37. The van der Waals surface area contributed by atoms with Crippen molar-refractivity contribution in [1.82, 2.24) is 0 Å². The lowest BCUT2D eigenvalue weighted by Crippen LogP contribution is -2.24. The molecule has 0 aliphatic heterocycles. The summed E-state index contributed by atoms with van der Waals surface area (Å²) in [5.74, 6) is 0.631. The van der Waals surface area contributed by atoms with Crippen molar-refractivity contribution in [3.8, 4) is 0 Å². The Morgan fingerprint density at radius 2 is 1.95 bits per heavy atom. The molecular weight excluding hydrogens is 256 g/mol. The van der Waals surface area contributed by atoms with Crippen LogP contribution in [0.3, 0.4) is 0 Å². The Kier molecular flexibility index (Phi) is 6.65. The normalized spacial score (nSPS) is 23.1. The fourth-order valence-corrected chi connectivity index (χ4v) is 2.89. The third-order valence-corrected chi connectivity index (χ3v) is 4.17. The Morgan fingerprint density at radius 1 is 1.24 bits per heavy atom. The van der Waals surface area contributed by atoms with Gasteiger partial charge in [-0.05, 0) is 66.9 Å². The Morgan fingerprint density at radius 3 is 2.57 bits per heavy atom. The van der Waals surface area contributed by atoms with Gasteiger partial charge in [0.05, 0.1) is 0 Å². The molecule has 0 spiro atoms. The second kappa shape index (κ2) is 8.00. The molecule has 1 fully saturated rings. The molecule has 1 aliphatic carbocycles. The number of allylic oxidation sites excluding steroid dienone is 7. The summed E-state index contributed by atoms with van der Waals surface area (Å²) in [6.07, 6.45) is 14.3. The molecule has 1 heteroatoms. The van der Waals surface area contributed by atoms with Crippen LogP contribution in [0.15, 0.2) is 52.8 Å². The largest absolute Gasteiger partial charge is 0.299 e. The molecule has 21 heavy (non-hydrogen) atoms. The van der Waals surface area contributed by atoms with Crippen LogP contribution in [0.4, 0.5) is 0 Å². The van der Waals surface area contributed by atoms with E-state index in [4.69, 9.17) is 0 Å². The fraction of sp³-hybridized carbons (Fsp3) is 0.500. The first-order valence-corrected chi connectivity index (χ1v) is 7.81. The third kappa shape index (κ3) is 5.73. The first-order chi connectivity index (χ1) is 9.86. The van der Waals surface area contributed by atoms with Crippen molar-refractivity contribution in [3.63, 3.8) is 0 Å². The van der Waals surface area contributed by atoms with Crippen LogP contribution in [0.2, 0.25) is 0 Å². The number of rotatable bonds is 4. The Balaban J connectivity index is 2.88. The van der Waals surface area contributed by atoms with E-state index >= 15 is 0 Å². The van der Waals surface area contributed by atoms with Gasteiger partial charge in [-0.15, -0.1) is 5.73 Å². The molecule has 114 valence electrons. The van der Waals surface area contributed by atoms with Gasteiger partial charge in [0.1, 0.15) is 6.29 Å². The fourth-order valence-electron chi connectivity index (χ4n) is 2.89. The summed E-state index contributed by atoms with van der Waals surface area (Å²) in [7, 11) is 0. The molecule has 1 unspecified atom stereocenters. The Hall–Kier alpha value is -1.59. The summed E-state index contributed by atoms with van der Waals surface area (Å²) in [6, 6.07) is 0. The first-order valence-electron chi connectivity index (χ1n) is 7.81. The Bertz CT molecular complexity index is 520. The summed E-state index contributed by atoms with van der Waals surface area (Å²) in [5, 5.41) is 0. The van der Waals surface area contributed by atoms with Crippen LogP contribution in [0.25, 0.3) is 0 Å². The average molecular weight is 284 g/mol. The van der Waals surface area contributed by atoms with Gasteiger partial charge in [0.15, 0.2) is 0 Å². The summed E-state index contributed by atoms with van der Waals surface area (Å²) >= 11 is 0. The lowest BCUT2D eigenvalue weighted by molar-refractivity contribution is -0.104. The van der Waals surface area contributed by atoms with Gasteiger partial charge in [0.2, 0.25) is 0 Å².